The molecule has 0 spiro atoms. The number of anilines is 1. The van der Waals surface area contributed by atoms with E-state index >= 15 is 0 Å². The van der Waals surface area contributed by atoms with Crippen LogP contribution in [0.15, 0.2) is 47.4 Å². The largest absolute Gasteiger partial charge is 0.454 e. The van der Waals surface area contributed by atoms with Crippen molar-refractivity contribution in [2.24, 2.45) is 0 Å². The number of amides is 1. The molecule has 2 aliphatic rings. The highest BCUT2D eigenvalue weighted by Gasteiger charge is 2.20. The molecule has 2 heterocycles. The van der Waals surface area contributed by atoms with Gasteiger partial charge in [-0.3, -0.25) is 4.79 Å². The average Bonchev–Trinajstić information content (AvgIpc) is 3.38. The Morgan fingerprint density at radius 3 is 2.61 bits per heavy atom. The zero-order valence-corrected chi connectivity index (χ0v) is 15.8. The van der Waals surface area contributed by atoms with Crippen molar-refractivity contribution in [1.82, 2.24) is 4.72 Å². The van der Waals surface area contributed by atoms with Crippen LogP contribution in [0, 0.1) is 0 Å². The van der Waals surface area contributed by atoms with Crippen molar-refractivity contribution >= 4 is 21.6 Å². The van der Waals surface area contributed by atoms with E-state index in [0.717, 1.165) is 12.8 Å². The number of hydrogen-bond acceptors (Lipinski definition) is 6. The molecule has 2 aromatic carbocycles. The molecule has 1 atom stereocenters. The quantitative estimate of drug-likeness (QED) is 0.765. The van der Waals surface area contributed by atoms with Crippen LogP contribution in [0.5, 0.6) is 11.5 Å². The van der Waals surface area contributed by atoms with E-state index in [-0.39, 0.29) is 30.2 Å². The van der Waals surface area contributed by atoms with Crippen LogP contribution in [0.4, 0.5) is 5.69 Å². The number of benzene rings is 2. The molecule has 2 aliphatic heterocycles. The number of ether oxygens (including phenoxy) is 3. The second-order valence-corrected chi connectivity index (χ2v) is 8.30. The number of fused-ring (bicyclic) bond motifs is 1. The van der Waals surface area contributed by atoms with Crippen molar-refractivity contribution in [3.05, 3.63) is 48.0 Å². The van der Waals surface area contributed by atoms with Gasteiger partial charge in [-0.15, -0.1) is 0 Å². The Kier molecular flexibility index (Phi) is 5.21. The van der Waals surface area contributed by atoms with Crippen LogP contribution in [0.25, 0.3) is 0 Å². The lowest BCUT2D eigenvalue weighted by Gasteiger charge is -2.12. The second kappa shape index (κ2) is 7.78. The van der Waals surface area contributed by atoms with Crippen LogP contribution in [-0.4, -0.2) is 40.4 Å². The molecule has 9 heteroatoms. The number of sulfonamides is 1. The highest BCUT2D eigenvalue weighted by Crippen LogP contribution is 2.32. The molecule has 1 saturated heterocycles. The molecule has 1 amide bonds. The summed E-state index contributed by atoms with van der Waals surface area (Å²) >= 11 is 0. The van der Waals surface area contributed by atoms with Gasteiger partial charge in [-0.05, 0) is 55.3 Å². The van der Waals surface area contributed by atoms with E-state index in [2.05, 4.69) is 10.0 Å². The third-order valence-corrected chi connectivity index (χ3v) is 6.02. The molecule has 8 nitrogen and oxygen atoms in total. The van der Waals surface area contributed by atoms with Crippen LogP contribution in [-0.2, 0) is 14.8 Å². The van der Waals surface area contributed by atoms with Gasteiger partial charge < -0.3 is 19.5 Å². The molecule has 28 heavy (non-hydrogen) atoms. The molecule has 0 bridgehead atoms. The molecule has 1 fully saturated rings. The number of carbonyl (C=O) groups excluding carboxylic acids is 1. The maximum absolute atomic E-state index is 12.4. The molecule has 0 saturated carbocycles. The van der Waals surface area contributed by atoms with Crippen molar-refractivity contribution < 1.29 is 27.4 Å². The molecule has 148 valence electrons. The molecule has 0 unspecified atom stereocenters. The lowest BCUT2D eigenvalue weighted by molar-refractivity contribution is 0.102. The van der Waals surface area contributed by atoms with Gasteiger partial charge in [0, 0.05) is 24.4 Å². The summed E-state index contributed by atoms with van der Waals surface area (Å²) in [5.74, 6) is 0.790. The van der Waals surface area contributed by atoms with Crippen molar-refractivity contribution in [2.75, 3.05) is 25.3 Å². The van der Waals surface area contributed by atoms with E-state index in [1.54, 1.807) is 30.3 Å². The topological polar surface area (TPSA) is 103 Å². The average molecular weight is 404 g/mol. The second-order valence-electron chi connectivity index (χ2n) is 6.53. The smallest absolute Gasteiger partial charge is 0.255 e. The van der Waals surface area contributed by atoms with E-state index in [1.165, 1.54) is 12.1 Å². The Morgan fingerprint density at radius 2 is 1.86 bits per heavy atom. The summed E-state index contributed by atoms with van der Waals surface area (Å²) in [6.07, 6.45) is 1.73. The minimum atomic E-state index is -3.63. The van der Waals surface area contributed by atoms with Gasteiger partial charge >= 0.3 is 0 Å². The van der Waals surface area contributed by atoms with Crippen LogP contribution >= 0.6 is 0 Å². The van der Waals surface area contributed by atoms with Gasteiger partial charge in [-0.1, -0.05) is 0 Å². The molecule has 2 N–H and O–H groups in total. The fraction of sp³-hybridized carbons (Fsp3) is 0.316. The van der Waals surface area contributed by atoms with Crippen molar-refractivity contribution in [1.29, 1.82) is 0 Å². The molecule has 2 aromatic rings. The Morgan fingerprint density at radius 1 is 1.07 bits per heavy atom. The SMILES string of the molecule is O=C(Nc1ccc(S(=O)(=O)NC[C@H]2CCCO2)cc1)c1ccc2c(c1)OCO2. The monoisotopic (exact) mass is 404 g/mol. The number of carbonyl (C=O) groups is 1. The minimum absolute atomic E-state index is 0.0740. The highest BCUT2D eigenvalue weighted by atomic mass is 32.2. The molecular weight excluding hydrogens is 384 g/mol. The third kappa shape index (κ3) is 4.11. The first-order chi connectivity index (χ1) is 13.5. The van der Waals surface area contributed by atoms with E-state index in [1.807, 2.05) is 0 Å². The first-order valence-corrected chi connectivity index (χ1v) is 10.4. The minimum Gasteiger partial charge on any atom is -0.454 e. The zero-order chi connectivity index (χ0) is 19.6. The lowest BCUT2D eigenvalue weighted by atomic mass is 10.2. The molecule has 0 radical (unpaired) electrons. The Labute approximate surface area is 162 Å². The third-order valence-electron chi connectivity index (χ3n) is 4.58. The normalized spacial score (nSPS) is 18.2. The fourth-order valence-electron chi connectivity index (χ4n) is 3.05. The predicted molar refractivity (Wildman–Crippen MR) is 101 cm³/mol. The molecule has 4 rings (SSSR count). The number of rotatable bonds is 6. The van der Waals surface area contributed by atoms with Crippen molar-refractivity contribution in [2.45, 2.75) is 23.8 Å². The highest BCUT2D eigenvalue weighted by molar-refractivity contribution is 7.89. The first-order valence-electron chi connectivity index (χ1n) is 8.94. The molecule has 0 aromatic heterocycles. The summed E-state index contributed by atoms with van der Waals surface area (Å²) in [5, 5.41) is 2.73. The Balaban J connectivity index is 1.39. The van der Waals surface area contributed by atoms with Crippen molar-refractivity contribution in [3.8, 4) is 11.5 Å². The van der Waals surface area contributed by atoms with Crippen LogP contribution in [0.3, 0.4) is 0 Å². The Bertz CT molecular complexity index is 968. The summed E-state index contributed by atoms with van der Waals surface area (Å²) in [5.41, 5.74) is 0.903. The summed E-state index contributed by atoms with van der Waals surface area (Å²) in [6.45, 7) is 1.06. The lowest BCUT2D eigenvalue weighted by Crippen LogP contribution is -2.31. The molecule has 0 aliphatic carbocycles. The summed E-state index contributed by atoms with van der Waals surface area (Å²) < 4.78 is 43.2. The van der Waals surface area contributed by atoms with E-state index in [4.69, 9.17) is 14.2 Å². The Hall–Kier alpha value is -2.62. The van der Waals surface area contributed by atoms with Gasteiger partial charge in [0.15, 0.2) is 11.5 Å². The summed E-state index contributed by atoms with van der Waals surface area (Å²) in [6, 6.07) is 10.9. The summed E-state index contributed by atoms with van der Waals surface area (Å²) in [4.78, 5) is 12.5. The molecular formula is C19H20N2O6S. The van der Waals surface area contributed by atoms with E-state index < -0.39 is 10.0 Å². The standard InChI is InChI=1S/C19H20N2O6S/c22-19(13-3-8-17-18(10-13)27-12-26-17)21-14-4-6-16(7-5-14)28(23,24)20-11-15-2-1-9-25-15/h3-8,10,15,20H,1-2,9,11-12H2,(H,21,22)/t15-/m1/s1. The maximum atomic E-state index is 12.4. The van der Waals surface area contributed by atoms with Crippen LogP contribution in [0.1, 0.15) is 23.2 Å². The first kappa shape index (κ1) is 18.7. The van der Waals surface area contributed by atoms with Gasteiger partial charge in [-0.2, -0.15) is 0 Å². The van der Waals surface area contributed by atoms with Crippen LogP contribution < -0.4 is 19.5 Å². The van der Waals surface area contributed by atoms with Gasteiger partial charge in [0.2, 0.25) is 16.8 Å². The van der Waals surface area contributed by atoms with E-state index in [0.29, 0.717) is 29.4 Å². The van der Waals surface area contributed by atoms with Crippen LogP contribution in [0.2, 0.25) is 0 Å². The van der Waals surface area contributed by atoms with Gasteiger partial charge in [0.05, 0.1) is 11.0 Å². The van der Waals surface area contributed by atoms with Gasteiger partial charge in [0.1, 0.15) is 0 Å². The van der Waals surface area contributed by atoms with Crippen molar-refractivity contribution in [3.63, 3.8) is 0 Å². The number of nitrogens with one attached hydrogen (secondary N) is 2. The van der Waals surface area contributed by atoms with Gasteiger partial charge in [-0.25, -0.2) is 13.1 Å². The number of hydrogen-bond donors (Lipinski definition) is 2. The van der Waals surface area contributed by atoms with E-state index in [9.17, 15) is 13.2 Å². The predicted octanol–water partition coefficient (Wildman–Crippen LogP) is 2.12. The summed E-state index contributed by atoms with van der Waals surface area (Å²) in [7, 11) is -3.63. The maximum Gasteiger partial charge on any atom is 0.255 e. The zero-order valence-electron chi connectivity index (χ0n) is 15.0. The van der Waals surface area contributed by atoms with Gasteiger partial charge in [0.25, 0.3) is 5.91 Å². The fourth-order valence-corrected chi connectivity index (χ4v) is 4.12.